The average molecular weight is 246 g/mol. The van der Waals surface area contributed by atoms with Crippen LogP contribution in [0.5, 0.6) is 0 Å². The largest absolute Gasteiger partial charge is 0.370 e. The fraction of sp³-hybridized carbons (Fsp3) is 0.533. The van der Waals surface area contributed by atoms with Gasteiger partial charge in [0.05, 0.1) is 0 Å². The zero-order chi connectivity index (χ0) is 12.8. The molecular formula is C15H22N2O. The molecule has 2 rings (SSSR count). The Morgan fingerprint density at radius 3 is 2.56 bits per heavy atom. The molecule has 3 heteroatoms. The van der Waals surface area contributed by atoms with Crippen LogP contribution in [-0.2, 0) is 11.3 Å². The number of rotatable bonds is 8. The number of nitrogens with one attached hydrogen (secondary N) is 1. The standard InChI is InChI=1S/C15H22N2O/c16-15(18)3-1-2-10-17-11-12-4-6-13(7-5-12)14-8-9-14/h4-7,14,17H,1-3,8-11H2,(H2,16,18). The van der Waals surface area contributed by atoms with Crippen molar-refractivity contribution in [3.63, 3.8) is 0 Å². The molecule has 1 saturated carbocycles. The van der Waals surface area contributed by atoms with Crippen LogP contribution in [0, 0.1) is 0 Å². The first-order valence-corrected chi connectivity index (χ1v) is 6.83. The Hall–Kier alpha value is -1.35. The molecule has 0 aliphatic heterocycles. The Kier molecular flexibility index (Phi) is 4.76. The summed E-state index contributed by atoms with van der Waals surface area (Å²) in [5, 5.41) is 3.39. The van der Waals surface area contributed by atoms with Gasteiger partial charge in [0.2, 0.25) is 5.91 Å². The molecule has 1 amide bonds. The molecule has 0 spiro atoms. The highest BCUT2D eigenvalue weighted by Crippen LogP contribution is 2.39. The number of hydrogen-bond donors (Lipinski definition) is 2. The molecule has 18 heavy (non-hydrogen) atoms. The minimum Gasteiger partial charge on any atom is -0.370 e. The van der Waals surface area contributed by atoms with Gasteiger partial charge < -0.3 is 11.1 Å². The maximum Gasteiger partial charge on any atom is 0.217 e. The molecule has 1 aromatic carbocycles. The number of benzene rings is 1. The number of amides is 1. The van der Waals surface area contributed by atoms with E-state index >= 15 is 0 Å². The van der Waals surface area contributed by atoms with Crippen molar-refractivity contribution in [3.05, 3.63) is 35.4 Å². The molecule has 1 fully saturated rings. The zero-order valence-electron chi connectivity index (χ0n) is 10.8. The van der Waals surface area contributed by atoms with E-state index in [9.17, 15) is 4.79 Å². The summed E-state index contributed by atoms with van der Waals surface area (Å²) in [4.78, 5) is 10.5. The fourth-order valence-electron chi connectivity index (χ4n) is 2.11. The lowest BCUT2D eigenvalue weighted by atomic mass is 10.1. The third-order valence-electron chi connectivity index (χ3n) is 3.38. The van der Waals surface area contributed by atoms with Crippen LogP contribution >= 0.6 is 0 Å². The summed E-state index contributed by atoms with van der Waals surface area (Å²) in [5.74, 6) is 0.631. The van der Waals surface area contributed by atoms with Crippen LogP contribution in [0.3, 0.4) is 0 Å². The van der Waals surface area contributed by atoms with Crippen molar-refractivity contribution < 1.29 is 4.79 Å². The molecule has 1 aliphatic carbocycles. The van der Waals surface area contributed by atoms with Crippen molar-refractivity contribution in [3.8, 4) is 0 Å². The summed E-state index contributed by atoms with van der Waals surface area (Å²) < 4.78 is 0. The van der Waals surface area contributed by atoms with Gasteiger partial charge in [0.25, 0.3) is 0 Å². The van der Waals surface area contributed by atoms with E-state index in [0.717, 1.165) is 31.8 Å². The summed E-state index contributed by atoms with van der Waals surface area (Å²) in [6.45, 7) is 1.85. The van der Waals surface area contributed by atoms with Crippen LogP contribution in [0.2, 0.25) is 0 Å². The third-order valence-corrected chi connectivity index (χ3v) is 3.38. The molecule has 3 nitrogen and oxygen atoms in total. The van der Waals surface area contributed by atoms with Crippen molar-refractivity contribution in [2.45, 2.75) is 44.6 Å². The SMILES string of the molecule is NC(=O)CCCCNCc1ccc(C2CC2)cc1. The van der Waals surface area contributed by atoms with Crippen LogP contribution in [0.15, 0.2) is 24.3 Å². The van der Waals surface area contributed by atoms with E-state index in [1.807, 2.05) is 0 Å². The van der Waals surface area contributed by atoms with Gasteiger partial charge in [-0.05, 0) is 49.3 Å². The highest BCUT2D eigenvalue weighted by Gasteiger charge is 2.22. The molecule has 3 N–H and O–H groups in total. The Balaban J connectivity index is 1.59. The van der Waals surface area contributed by atoms with Gasteiger partial charge in [-0.1, -0.05) is 24.3 Å². The van der Waals surface area contributed by atoms with Crippen molar-refractivity contribution in [2.24, 2.45) is 5.73 Å². The van der Waals surface area contributed by atoms with Gasteiger partial charge in [-0.2, -0.15) is 0 Å². The van der Waals surface area contributed by atoms with Crippen LogP contribution < -0.4 is 11.1 Å². The Bertz CT molecular complexity index is 382. The Labute approximate surface area is 109 Å². The van der Waals surface area contributed by atoms with Gasteiger partial charge in [0.15, 0.2) is 0 Å². The third kappa shape index (κ3) is 4.49. The molecule has 0 aromatic heterocycles. The van der Waals surface area contributed by atoms with Crippen LogP contribution in [0.1, 0.15) is 49.1 Å². The normalized spacial score (nSPS) is 14.7. The second-order valence-electron chi connectivity index (χ2n) is 5.12. The summed E-state index contributed by atoms with van der Waals surface area (Å²) in [6, 6.07) is 8.93. The Morgan fingerprint density at radius 1 is 1.22 bits per heavy atom. The number of carbonyl (C=O) groups excluding carboxylic acids is 1. The highest BCUT2D eigenvalue weighted by atomic mass is 16.1. The molecule has 1 aromatic rings. The maximum absolute atomic E-state index is 10.5. The minimum absolute atomic E-state index is 0.203. The van der Waals surface area contributed by atoms with Crippen molar-refractivity contribution in [1.82, 2.24) is 5.32 Å². The molecule has 1 aliphatic rings. The number of primary amides is 1. The maximum atomic E-state index is 10.5. The summed E-state index contributed by atoms with van der Waals surface area (Å²) in [5.41, 5.74) is 7.90. The first kappa shape index (κ1) is 13.1. The summed E-state index contributed by atoms with van der Waals surface area (Å²) in [7, 11) is 0. The van der Waals surface area contributed by atoms with Crippen molar-refractivity contribution >= 4 is 5.91 Å². The molecule has 0 unspecified atom stereocenters. The van der Waals surface area contributed by atoms with Crippen molar-refractivity contribution in [1.29, 1.82) is 0 Å². The average Bonchev–Trinajstić information content (AvgIpc) is 3.18. The summed E-state index contributed by atoms with van der Waals surface area (Å²) >= 11 is 0. The van der Waals surface area contributed by atoms with E-state index in [4.69, 9.17) is 5.73 Å². The Morgan fingerprint density at radius 2 is 1.94 bits per heavy atom. The molecule has 0 radical (unpaired) electrons. The quantitative estimate of drug-likeness (QED) is 0.692. The lowest BCUT2D eigenvalue weighted by molar-refractivity contribution is -0.118. The molecule has 0 bridgehead atoms. The number of nitrogens with two attached hydrogens (primary N) is 1. The fourth-order valence-corrected chi connectivity index (χ4v) is 2.11. The second-order valence-corrected chi connectivity index (χ2v) is 5.12. The van der Waals surface area contributed by atoms with Gasteiger partial charge in [-0.15, -0.1) is 0 Å². The van der Waals surface area contributed by atoms with Gasteiger partial charge in [-0.3, -0.25) is 4.79 Å². The number of hydrogen-bond acceptors (Lipinski definition) is 2. The number of unbranched alkanes of at least 4 members (excludes halogenated alkanes) is 1. The van der Waals surface area contributed by atoms with Gasteiger partial charge in [0.1, 0.15) is 0 Å². The first-order chi connectivity index (χ1) is 8.75. The monoisotopic (exact) mass is 246 g/mol. The van der Waals surface area contributed by atoms with Crippen LogP contribution in [0.4, 0.5) is 0 Å². The van der Waals surface area contributed by atoms with E-state index in [0.29, 0.717) is 6.42 Å². The van der Waals surface area contributed by atoms with Gasteiger partial charge in [-0.25, -0.2) is 0 Å². The van der Waals surface area contributed by atoms with Gasteiger partial charge in [0, 0.05) is 13.0 Å². The van der Waals surface area contributed by atoms with E-state index in [1.165, 1.54) is 24.0 Å². The van der Waals surface area contributed by atoms with Crippen LogP contribution in [0.25, 0.3) is 0 Å². The molecule has 0 saturated heterocycles. The molecule has 98 valence electrons. The zero-order valence-corrected chi connectivity index (χ0v) is 10.8. The first-order valence-electron chi connectivity index (χ1n) is 6.83. The topological polar surface area (TPSA) is 55.1 Å². The lowest BCUT2D eigenvalue weighted by Crippen LogP contribution is -2.16. The van der Waals surface area contributed by atoms with E-state index in [-0.39, 0.29) is 5.91 Å². The predicted molar refractivity (Wildman–Crippen MR) is 73.2 cm³/mol. The summed E-state index contributed by atoms with van der Waals surface area (Å²) in [6.07, 6.45) is 5.10. The van der Waals surface area contributed by atoms with E-state index in [2.05, 4.69) is 29.6 Å². The van der Waals surface area contributed by atoms with E-state index < -0.39 is 0 Å². The highest BCUT2D eigenvalue weighted by molar-refractivity contribution is 5.73. The van der Waals surface area contributed by atoms with Crippen molar-refractivity contribution in [2.75, 3.05) is 6.54 Å². The molecule has 0 heterocycles. The van der Waals surface area contributed by atoms with Gasteiger partial charge >= 0.3 is 0 Å². The lowest BCUT2D eigenvalue weighted by Gasteiger charge is -2.05. The molecule has 0 atom stereocenters. The predicted octanol–water partition coefficient (Wildman–Crippen LogP) is 2.31. The van der Waals surface area contributed by atoms with E-state index in [1.54, 1.807) is 0 Å². The number of carbonyl (C=O) groups is 1. The smallest absolute Gasteiger partial charge is 0.217 e. The second kappa shape index (κ2) is 6.55. The van der Waals surface area contributed by atoms with Crippen LogP contribution in [-0.4, -0.2) is 12.5 Å². The molecular weight excluding hydrogens is 224 g/mol. The minimum atomic E-state index is -0.203.